The number of aromatic nitrogens is 4. The molecule has 0 aliphatic heterocycles. The van der Waals surface area contributed by atoms with Gasteiger partial charge in [0.25, 0.3) is 5.95 Å². The van der Waals surface area contributed by atoms with Crippen LogP contribution in [0.4, 0.5) is 5.95 Å². The molecule has 5 aromatic rings. The molecule has 2 aromatic carbocycles. The van der Waals surface area contributed by atoms with E-state index in [0.29, 0.717) is 17.4 Å². The molecule has 8 heteroatoms. The van der Waals surface area contributed by atoms with Gasteiger partial charge in [0.2, 0.25) is 0 Å². The van der Waals surface area contributed by atoms with E-state index >= 15 is 0 Å². The summed E-state index contributed by atoms with van der Waals surface area (Å²) < 4.78 is 6.83. The third kappa shape index (κ3) is 3.38. The van der Waals surface area contributed by atoms with Gasteiger partial charge in [-0.25, -0.2) is 5.43 Å². The number of para-hydroxylation sites is 1. The van der Waals surface area contributed by atoms with Crippen LogP contribution in [-0.2, 0) is 0 Å². The standard InChI is InChI=1S/C21H15BrN6O/c1-12-3-2-4-16-18(12)24-20-19(16)26-28-21(25-20)27-23-11-15-9-10-17(29-15)13-5-7-14(22)8-6-13/h2-11H,1H3,(H2,24,25,27,28). The molecule has 0 saturated heterocycles. The Morgan fingerprint density at radius 1 is 1.07 bits per heavy atom. The Kier molecular flexibility index (Phi) is 4.33. The SMILES string of the molecule is Cc1cccc2c1[nH]c1nc(NN=Cc3ccc(-c4ccc(Br)cc4)o3)nnc12. The maximum atomic E-state index is 5.80. The third-order valence-corrected chi connectivity index (χ3v) is 5.10. The molecule has 0 spiro atoms. The van der Waals surface area contributed by atoms with Crippen molar-refractivity contribution in [2.45, 2.75) is 6.92 Å². The number of benzene rings is 2. The lowest BCUT2D eigenvalue weighted by molar-refractivity contribution is 0.575. The molecule has 2 N–H and O–H groups in total. The van der Waals surface area contributed by atoms with Crippen molar-refractivity contribution < 1.29 is 4.42 Å². The molecular formula is C21H15BrN6O. The highest BCUT2D eigenvalue weighted by Gasteiger charge is 2.10. The van der Waals surface area contributed by atoms with Crippen LogP contribution >= 0.6 is 15.9 Å². The largest absolute Gasteiger partial charge is 0.455 e. The number of fused-ring (bicyclic) bond motifs is 3. The smallest absolute Gasteiger partial charge is 0.265 e. The zero-order valence-electron chi connectivity index (χ0n) is 15.3. The zero-order chi connectivity index (χ0) is 19.8. The monoisotopic (exact) mass is 446 g/mol. The highest BCUT2D eigenvalue weighted by Crippen LogP contribution is 2.25. The summed E-state index contributed by atoms with van der Waals surface area (Å²) in [6.45, 7) is 2.04. The van der Waals surface area contributed by atoms with Crippen LogP contribution in [0.25, 0.3) is 33.4 Å². The van der Waals surface area contributed by atoms with Gasteiger partial charge in [0.05, 0.1) is 11.7 Å². The van der Waals surface area contributed by atoms with E-state index in [1.165, 1.54) is 0 Å². The first-order chi connectivity index (χ1) is 14.2. The van der Waals surface area contributed by atoms with Crippen LogP contribution in [0, 0.1) is 6.92 Å². The first-order valence-electron chi connectivity index (χ1n) is 8.94. The van der Waals surface area contributed by atoms with Gasteiger partial charge in [-0.2, -0.15) is 10.1 Å². The number of H-pyrrole nitrogens is 1. The van der Waals surface area contributed by atoms with Crippen LogP contribution in [0.5, 0.6) is 0 Å². The Morgan fingerprint density at radius 3 is 2.79 bits per heavy atom. The average Bonchev–Trinajstić information content (AvgIpc) is 3.34. The molecule has 5 rings (SSSR count). The number of nitrogens with one attached hydrogen (secondary N) is 2. The predicted octanol–water partition coefficient (Wildman–Crippen LogP) is 5.28. The maximum absolute atomic E-state index is 5.80. The van der Waals surface area contributed by atoms with Crippen LogP contribution in [0.2, 0.25) is 0 Å². The van der Waals surface area contributed by atoms with Crippen molar-refractivity contribution in [2.75, 3.05) is 5.43 Å². The summed E-state index contributed by atoms with van der Waals surface area (Å²) in [7, 11) is 0. The van der Waals surface area contributed by atoms with Gasteiger partial charge in [-0.15, -0.1) is 10.2 Å². The first kappa shape index (κ1) is 17.6. The molecule has 0 radical (unpaired) electrons. The molecule has 0 amide bonds. The van der Waals surface area contributed by atoms with Gasteiger partial charge in [-0.05, 0) is 36.8 Å². The van der Waals surface area contributed by atoms with Crippen LogP contribution in [0.3, 0.4) is 0 Å². The van der Waals surface area contributed by atoms with E-state index in [-0.39, 0.29) is 0 Å². The summed E-state index contributed by atoms with van der Waals surface area (Å²) in [5, 5.41) is 13.6. The topological polar surface area (TPSA) is 92.0 Å². The van der Waals surface area contributed by atoms with E-state index in [9.17, 15) is 0 Å². The molecule has 0 saturated carbocycles. The lowest BCUT2D eigenvalue weighted by Crippen LogP contribution is -1.98. The Bertz CT molecular complexity index is 1350. The van der Waals surface area contributed by atoms with Gasteiger partial charge in [-0.3, -0.25) is 0 Å². The highest BCUT2D eigenvalue weighted by atomic mass is 79.9. The summed E-state index contributed by atoms with van der Waals surface area (Å²) in [6.07, 6.45) is 1.57. The molecule has 3 aromatic heterocycles. The van der Waals surface area contributed by atoms with Crippen molar-refractivity contribution in [3.63, 3.8) is 0 Å². The number of furan rings is 1. The number of hydrazone groups is 1. The van der Waals surface area contributed by atoms with Crippen molar-refractivity contribution in [1.29, 1.82) is 0 Å². The van der Waals surface area contributed by atoms with E-state index < -0.39 is 0 Å². The number of rotatable bonds is 4. The van der Waals surface area contributed by atoms with Crippen LogP contribution < -0.4 is 5.43 Å². The molecule has 0 unspecified atom stereocenters. The molecule has 142 valence electrons. The number of halogens is 1. The molecule has 3 heterocycles. The molecule has 0 bridgehead atoms. The molecular weight excluding hydrogens is 432 g/mol. The number of aromatic amines is 1. The summed E-state index contributed by atoms with van der Waals surface area (Å²) in [6, 6.07) is 17.7. The minimum atomic E-state index is 0.303. The Labute approximate surface area is 174 Å². The van der Waals surface area contributed by atoms with E-state index in [4.69, 9.17) is 4.42 Å². The average molecular weight is 447 g/mol. The summed E-state index contributed by atoms with van der Waals surface area (Å²) in [4.78, 5) is 7.75. The minimum Gasteiger partial charge on any atom is -0.455 e. The van der Waals surface area contributed by atoms with Crippen LogP contribution in [0.15, 0.2) is 68.6 Å². The highest BCUT2D eigenvalue weighted by molar-refractivity contribution is 9.10. The lowest BCUT2D eigenvalue weighted by Gasteiger charge is -1.97. The lowest BCUT2D eigenvalue weighted by atomic mass is 10.1. The molecule has 0 aliphatic rings. The van der Waals surface area contributed by atoms with Crippen molar-refractivity contribution in [3.8, 4) is 11.3 Å². The maximum Gasteiger partial charge on any atom is 0.265 e. The molecule has 7 nitrogen and oxygen atoms in total. The van der Waals surface area contributed by atoms with E-state index in [2.05, 4.69) is 46.6 Å². The molecule has 0 aliphatic carbocycles. The van der Waals surface area contributed by atoms with Gasteiger partial charge in [0, 0.05) is 15.4 Å². The second-order valence-corrected chi connectivity index (χ2v) is 7.45. The normalized spacial score (nSPS) is 11.7. The van der Waals surface area contributed by atoms with Crippen molar-refractivity contribution in [3.05, 3.63) is 70.4 Å². The van der Waals surface area contributed by atoms with Gasteiger partial charge < -0.3 is 9.40 Å². The summed E-state index contributed by atoms with van der Waals surface area (Å²) >= 11 is 3.43. The first-order valence-corrected chi connectivity index (χ1v) is 9.73. The number of hydrogen-bond acceptors (Lipinski definition) is 6. The van der Waals surface area contributed by atoms with Gasteiger partial charge in [-0.1, -0.05) is 46.3 Å². The third-order valence-electron chi connectivity index (χ3n) is 4.57. The summed E-state index contributed by atoms with van der Waals surface area (Å²) in [5.74, 6) is 1.69. The quantitative estimate of drug-likeness (QED) is 0.289. The van der Waals surface area contributed by atoms with Crippen molar-refractivity contribution in [2.24, 2.45) is 5.10 Å². The molecule has 0 fully saturated rings. The number of hydrogen-bond donors (Lipinski definition) is 2. The second-order valence-electron chi connectivity index (χ2n) is 6.53. The van der Waals surface area contributed by atoms with Crippen molar-refractivity contribution in [1.82, 2.24) is 20.2 Å². The fraction of sp³-hybridized carbons (Fsp3) is 0.0476. The van der Waals surface area contributed by atoms with Crippen LogP contribution in [-0.4, -0.2) is 26.4 Å². The minimum absolute atomic E-state index is 0.303. The van der Waals surface area contributed by atoms with E-state index in [1.54, 1.807) is 6.21 Å². The number of aryl methyl sites for hydroxylation is 1. The van der Waals surface area contributed by atoms with E-state index in [0.717, 1.165) is 37.8 Å². The van der Waals surface area contributed by atoms with Gasteiger partial charge >= 0.3 is 0 Å². The molecule has 29 heavy (non-hydrogen) atoms. The number of anilines is 1. The van der Waals surface area contributed by atoms with Gasteiger partial charge in [0.1, 0.15) is 17.0 Å². The second kappa shape index (κ2) is 7.14. The fourth-order valence-electron chi connectivity index (χ4n) is 3.14. The van der Waals surface area contributed by atoms with E-state index in [1.807, 2.05) is 61.5 Å². The fourth-order valence-corrected chi connectivity index (χ4v) is 3.40. The van der Waals surface area contributed by atoms with Crippen molar-refractivity contribution >= 4 is 50.2 Å². The Morgan fingerprint density at radius 2 is 1.93 bits per heavy atom. The van der Waals surface area contributed by atoms with Crippen LogP contribution in [0.1, 0.15) is 11.3 Å². The van der Waals surface area contributed by atoms with Gasteiger partial charge in [0.15, 0.2) is 5.65 Å². The summed E-state index contributed by atoms with van der Waals surface area (Å²) in [5.41, 5.74) is 7.34. The Balaban J connectivity index is 1.35. The predicted molar refractivity (Wildman–Crippen MR) is 117 cm³/mol. The Hall–Kier alpha value is -3.52. The number of nitrogens with zero attached hydrogens (tertiary/aromatic N) is 4. The zero-order valence-corrected chi connectivity index (χ0v) is 16.9. The molecule has 0 atom stereocenters.